The lowest BCUT2D eigenvalue weighted by Crippen LogP contribution is -2.08. The van der Waals surface area contributed by atoms with Gasteiger partial charge in [-0.25, -0.2) is 4.79 Å². The van der Waals surface area contributed by atoms with Crippen molar-refractivity contribution in [3.8, 4) is 34.5 Å². The van der Waals surface area contributed by atoms with Gasteiger partial charge in [-0.1, -0.05) is 17.9 Å². The lowest BCUT2D eigenvalue weighted by molar-refractivity contribution is -0.142. The molecule has 0 aromatic heterocycles. The van der Waals surface area contributed by atoms with Gasteiger partial charge in [-0.2, -0.15) is 0 Å². The number of fused-ring (bicyclic) bond motifs is 2. The number of cyclic esters (lactones) is 1. The molecule has 2 aromatic carbocycles. The van der Waals surface area contributed by atoms with Crippen LogP contribution in [0.5, 0.6) is 11.5 Å². The van der Waals surface area contributed by atoms with E-state index >= 15 is 0 Å². The standard InChI is InChI=1S/C23H18O8/c1-13(24)27-7-3-4-15-8-17-10-29-23(26)22(17)21(18(15)11-28-14(2)25)16-5-6-19-20(9-16)31-12-30-19/h5-6,8-9H,7,10-12H2,1-2H3. The fourth-order valence-corrected chi connectivity index (χ4v) is 3.42. The first-order valence-electron chi connectivity index (χ1n) is 9.45. The summed E-state index contributed by atoms with van der Waals surface area (Å²) in [4.78, 5) is 35.1. The maximum Gasteiger partial charge on any atom is 0.339 e. The molecule has 0 saturated heterocycles. The van der Waals surface area contributed by atoms with E-state index < -0.39 is 17.9 Å². The predicted octanol–water partition coefficient (Wildman–Crippen LogP) is 2.73. The third-order valence-electron chi connectivity index (χ3n) is 4.73. The summed E-state index contributed by atoms with van der Waals surface area (Å²) in [6.45, 7) is 2.63. The Hall–Kier alpha value is -3.99. The maximum atomic E-state index is 12.6. The molecule has 0 radical (unpaired) electrons. The summed E-state index contributed by atoms with van der Waals surface area (Å²) in [5.41, 5.74) is 3.37. The third kappa shape index (κ3) is 4.16. The van der Waals surface area contributed by atoms with E-state index in [0.717, 1.165) is 0 Å². The number of rotatable bonds is 4. The Balaban J connectivity index is 1.88. The second-order valence-corrected chi connectivity index (χ2v) is 6.82. The van der Waals surface area contributed by atoms with Crippen LogP contribution in [0, 0.1) is 11.8 Å². The lowest BCUT2D eigenvalue weighted by Gasteiger charge is -2.16. The second-order valence-electron chi connectivity index (χ2n) is 6.82. The van der Waals surface area contributed by atoms with Crippen LogP contribution in [-0.2, 0) is 37.0 Å². The fraction of sp³-hybridized carbons (Fsp3) is 0.261. The first kappa shape index (κ1) is 20.3. The van der Waals surface area contributed by atoms with Gasteiger partial charge in [-0.15, -0.1) is 0 Å². The molecule has 8 heteroatoms. The Kier molecular flexibility index (Phi) is 5.50. The summed E-state index contributed by atoms with van der Waals surface area (Å²) in [5, 5.41) is 0. The van der Waals surface area contributed by atoms with Gasteiger partial charge in [0, 0.05) is 36.1 Å². The molecule has 4 rings (SSSR count). The largest absolute Gasteiger partial charge is 0.461 e. The van der Waals surface area contributed by atoms with Gasteiger partial charge in [0.25, 0.3) is 0 Å². The molecule has 0 amide bonds. The number of hydrogen-bond acceptors (Lipinski definition) is 8. The number of ether oxygens (including phenoxy) is 5. The highest BCUT2D eigenvalue weighted by atomic mass is 16.7. The molecule has 2 aromatic rings. The average molecular weight is 422 g/mol. The van der Waals surface area contributed by atoms with Crippen molar-refractivity contribution in [3.05, 3.63) is 46.5 Å². The van der Waals surface area contributed by atoms with E-state index in [4.69, 9.17) is 23.7 Å². The van der Waals surface area contributed by atoms with E-state index in [2.05, 4.69) is 11.8 Å². The van der Waals surface area contributed by atoms with Crippen molar-refractivity contribution in [2.24, 2.45) is 0 Å². The van der Waals surface area contributed by atoms with Crippen molar-refractivity contribution < 1.29 is 38.1 Å². The third-order valence-corrected chi connectivity index (χ3v) is 4.73. The molecule has 0 fully saturated rings. The van der Waals surface area contributed by atoms with Crippen molar-refractivity contribution in [1.29, 1.82) is 0 Å². The van der Waals surface area contributed by atoms with Crippen molar-refractivity contribution in [2.45, 2.75) is 27.1 Å². The molecule has 0 spiro atoms. The van der Waals surface area contributed by atoms with Gasteiger partial charge < -0.3 is 23.7 Å². The molecule has 0 unspecified atom stereocenters. The minimum absolute atomic E-state index is 0.0891. The molecular weight excluding hydrogens is 404 g/mol. The predicted molar refractivity (Wildman–Crippen MR) is 106 cm³/mol. The Morgan fingerprint density at radius 3 is 2.55 bits per heavy atom. The minimum Gasteiger partial charge on any atom is -0.461 e. The summed E-state index contributed by atoms with van der Waals surface area (Å²) in [6, 6.07) is 7.04. The SMILES string of the molecule is CC(=O)OCC#Cc1cc2c(c(-c3ccc4c(c3)OCO4)c1COC(C)=O)C(=O)OC2. The van der Waals surface area contributed by atoms with Crippen molar-refractivity contribution in [3.63, 3.8) is 0 Å². The molecule has 8 nitrogen and oxygen atoms in total. The molecule has 2 aliphatic rings. The number of carbonyl (C=O) groups is 3. The first-order chi connectivity index (χ1) is 14.9. The van der Waals surface area contributed by atoms with Gasteiger partial charge in [0.2, 0.25) is 6.79 Å². The summed E-state index contributed by atoms with van der Waals surface area (Å²) < 4.78 is 26.2. The zero-order valence-corrected chi connectivity index (χ0v) is 16.9. The van der Waals surface area contributed by atoms with Gasteiger partial charge in [0.1, 0.15) is 13.2 Å². The molecular formula is C23H18O8. The number of esters is 3. The average Bonchev–Trinajstić information content (AvgIpc) is 3.35. The summed E-state index contributed by atoms with van der Waals surface area (Å²) in [7, 11) is 0. The van der Waals surface area contributed by atoms with Crippen molar-refractivity contribution in [1.82, 2.24) is 0 Å². The second kappa shape index (κ2) is 8.40. The topological polar surface area (TPSA) is 97.4 Å². The quantitative estimate of drug-likeness (QED) is 0.422. The highest BCUT2D eigenvalue weighted by Crippen LogP contribution is 2.41. The molecule has 0 bridgehead atoms. The highest BCUT2D eigenvalue weighted by Gasteiger charge is 2.30. The monoisotopic (exact) mass is 422 g/mol. The lowest BCUT2D eigenvalue weighted by atomic mass is 9.88. The van der Waals surface area contributed by atoms with E-state index in [1.807, 2.05) is 0 Å². The van der Waals surface area contributed by atoms with E-state index in [1.165, 1.54) is 13.8 Å². The summed E-state index contributed by atoms with van der Waals surface area (Å²) in [6.07, 6.45) is 0. The Bertz CT molecular complexity index is 1150. The zero-order chi connectivity index (χ0) is 22.0. The molecule has 158 valence electrons. The first-order valence-corrected chi connectivity index (χ1v) is 9.45. The van der Waals surface area contributed by atoms with Crippen LogP contribution in [0.4, 0.5) is 0 Å². The Labute approximate surface area is 178 Å². The molecule has 0 saturated carbocycles. The van der Waals surface area contributed by atoms with Crippen LogP contribution in [-0.4, -0.2) is 31.3 Å². The van der Waals surface area contributed by atoms with Crippen LogP contribution in [0.25, 0.3) is 11.1 Å². The number of benzene rings is 2. The van der Waals surface area contributed by atoms with Crippen LogP contribution in [0.1, 0.15) is 40.9 Å². The Morgan fingerprint density at radius 1 is 1.00 bits per heavy atom. The van der Waals surface area contributed by atoms with Crippen LogP contribution < -0.4 is 9.47 Å². The molecule has 2 aliphatic heterocycles. The number of hydrogen-bond donors (Lipinski definition) is 0. The summed E-state index contributed by atoms with van der Waals surface area (Å²) >= 11 is 0. The minimum atomic E-state index is -0.474. The van der Waals surface area contributed by atoms with Crippen LogP contribution in [0.15, 0.2) is 24.3 Å². The van der Waals surface area contributed by atoms with Gasteiger partial charge in [0.15, 0.2) is 18.1 Å². The summed E-state index contributed by atoms with van der Waals surface area (Å²) in [5.74, 6) is 5.50. The van der Waals surface area contributed by atoms with Gasteiger partial charge in [-0.3, -0.25) is 9.59 Å². The van der Waals surface area contributed by atoms with E-state index in [1.54, 1.807) is 24.3 Å². The fourth-order valence-electron chi connectivity index (χ4n) is 3.42. The molecule has 0 atom stereocenters. The van der Waals surface area contributed by atoms with Gasteiger partial charge in [-0.05, 0) is 23.8 Å². The Morgan fingerprint density at radius 2 is 1.77 bits per heavy atom. The normalized spacial score (nSPS) is 13.0. The van der Waals surface area contributed by atoms with E-state index in [-0.39, 0.29) is 26.6 Å². The van der Waals surface area contributed by atoms with E-state index in [9.17, 15) is 14.4 Å². The van der Waals surface area contributed by atoms with Crippen LogP contribution in [0.3, 0.4) is 0 Å². The smallest absolute Gasteiger partial charge is 0.339 e. The van der Waals surface area contributed by atoms with E-state index in [0.29, 0.717) is 44.9 Å². The zero-order valence-electron chi connectivity index (χ0n) is 16.9. The van der Waals surface area contributed by atoms with Crippen molar-refractivity contribution in [2.75, 3.05) is 13.4 Å². The number of carbonyl (C=O) groups excluding carboxylic acids is 3. The van der Waals surface area contributed by atoms with Gasteiger partial charge in [0.05, 0.1) is 5.56 Å². The molecule has 0 aliphatic carbocycles. The molecule has 0 N–H and O–H groups in total. The molecule has 31 heavy (non-hydrogen) atoms. The highest BCUT2D eigenvalue weighted by molar-refractivity contribution is 6.02. The molecule has 2 heterocycles. The van der Waals surface area contributed by atoms with Gasteiger partial charge >= 0.3 is 17.9 Å². The maximum absolute atomic E-state index is 12.6. The van der Waals surface area contributed by atoms with Crippen LogP contribution >= 0.6 is 0 Å². The van der Waals surface area contributed by atoms with Crippen molar-refractivity contribution >= 4 is 17.9 Å². The van der Waals surface area contributed by atoms with Crippen LogP contribution in [0.2, 0.25) is 0 Å².